The highest BCUT2D eigenvalue weighted by Crippen LogP contribution is 2.21. The van der Waals surface area contributed by atoms with Crippen molar-refractivity contribution < 1.29 is 9.53 Å². The Morgan fingerprint density at radius 3 is 2.06 bits per heavy atom. The van der Waals surface area contributed by atoms with Crippen LogP contribution in [0.4, 0.5) is 0 Å². The largest absolute Gasteiger partial charge is 0.455 e. The minimum Gasteiger partial charge on any atom is -0.455 e. The lowest BCUT2D eigenvalue weighted by atomic mass is 9.96. The van der Waals surface area contributed by atoms with E-state index in [1.54, 1.807) is 0 Å². The lowest BCUT2D eigenvalue weighted by Crippen LogP contribution is -2.32. The Hall–Kier alpha value is -1.05. The zero-order valence-corrected chi connectivity index (χ0v) is 12.0. The Bertz CT molecular complexity index is 291. The van der Waals surface area contributed by atoms with E-state index in [1.807, 2.05) is 53.7 Å². The Labute approximate surface area is 106 Å². The first-order valence-corrected chi connectivity index (χ1v) is 6.21. The predicted octanol–water partition coefficient (Wildman–Crippen LogP) is 4.27. The summed E-state index contributed by atoms with van der Waals surface area (Å²) in [6, 6.07) is 0. The van der Waals surface area contributed by atoms with Crippen LogP contribution in [0.15, 0.2) is 24.3 Å². The summed E-state index contributed by atoms with van der Waals surface area (Å²) in [4.78, 5) is 11.7. The molecule has 2 heteroatoms. The van der Waals surface area contributed by atoms with Crippen LogP contribution in [0.1, 0.15) is 54.4 Å². The molecule has 0 fully saturated rings. The molecule has 0 spiro atoms. The first-order valence-electron chi connectivity index (χ1n) is 6.21. The average Bonchev–Trinajstić information content (AvgIpc) is 2.15. The molecule has 0 radical (unpaired) electrons. The van der Waals surface area contributed by atoms with Crippen LogP contribution in [0.25, 0.3) is 0 Å². The van der Waals surface area contributed by atoms with E-state index in [1.165, 1.54) is 0 Å². The van der Waals surface area contributed by atoms with Crippen LogP contribution in [0, 0.1) is 5.41 Å². The molecule has 0 heterocycles. The summed E-state index contributed by atoms with van der Waals surface area (Å²) >= 11 is 0. The standard InChI is InChI=1S/C15H26O2/c1-7-8-9-10-11-12-15(5,6)17-13(16)14(2,3)4/h7-8,11-12H,9-10H2,1-6H3. The molecule has 0 amide bonds. The summed E-state index contributed by atoms with van der Waals surface area (Å²) in [5.74, 6) is -0.166. The van der Waals surface area contributed by atoms with Gasteiger partial charge in [-0.05, 0) is 60.5 Å². The third-order valence-electron chi connectivity index (χ3n) is 2.22. The van der Waals surface area contributed by atoms with Crippen molar-refractivity contribution in [1.29, 1.82) is 0 Å². The molecule has 0 atom stereocenters. The SMILES string of the molecule is CC=CCCC=CC(C)(C)OC(=O)C(C)(C)C. The number of allylic oxidation sites excluding steroid dienone is 3. The molecule has 0 aliphatic heterocycles. The topological polar surface area (TPSA) is 26.3 Å². The summed E-state index contributed by atoms with van der Waals surface area (Å²) in [7, 11) is 0. The molecule has 0 saturated carbocycles. The highest BCUT2D eigenvalue weighted by Gasteiger charge is 2.28. The molecule has 0 aromatic carbocycles. The van der Waals surface area contributed by atoms with Gasteiger partial charge in [-0.2, -0.15) is 0 Å². The van der Waals surface area contributed by atoms with E-state index >= 15 is 0 Å². The minimum absolute atomic E-state index is 0.166. The van der Waals surface area contributed by atoms with Crippen LogP contribution in [0.5, 0.6) is 0 Å². The van der Waals surface area contributed by atoms with Crippen molar-refractivity contribution in [3.05, 3.63) is 24.3 Å². The fourth-order valence-corrected chi connectivity index (χ4v) is 1.15. The van der Waals surface area contributed by atoms with Gasteiger partial charge in [-0.15, -0.1) is 0 Å². The fraction of sp³-hybridized carbons (Fsp3) is 0.667. The molecule has 17 heavy (non-hydrogen) atoms. The smallest absolute Gasteiger partial charge is 0.312 e. The van der Waals surface area contributed by atoms with Gasteiger partial charge in [0.2, 0.25) is 0 Å². The number of carbonyl (C=O) groups is 1. The first kappa shape index (κ1) is 16.0. The molecule has 2 nitrogen and oxygen atoms in total. The van der Waals surface area contributed by atoms with Crippen LogP contribution in [-0.2, 0) is 9.53 Å². The lowest BCUT2D eigenvalue weighted by Gasteiger charge is -2.26. The Morgan fingerprint density at radius 1 is 1.06 bits per heavy atom. The molecule has 0 N–H and O–H groups in total. The molecule has 0 aromatic rings. The van der Waals surface area contributed by atoms with Gasteiger partial charge in [0.25, 0.3) is 0 Å². The van der Waals surface area contributed by atoms with Crippen molar-refractivity contribution >= 4 is 5.97 Å². The van der Waals surface area contributed by atoms with Crippen molar-refractivity contribution in [2.75, 3.05) is 0 Å². The van der Waals surface area contributed by atoms with E-state index < -0.39 is 11.0 Å². The maximum Gasteiger partial charge on any atom is 0.312 e. The fourth-order valence-electron chi connectivity index (χ4n) is 1.15. The van der Waals surface area contributed by atoms with E-state index in [9.17, 15) is 4.79 Å². The summed E-state index contributed by atoms with van der Waals surface area (Å²) < 4.78 is 5.47. The molecule has 0 rings (SSSR count). The lowest BCUT2D eigenvalue weighted by molar-refractivity contribution is -0.162. The molecule has 0 bridgehead atoms. The van der Waals surface area contributed by atoms with E-state index in [0.717, 1.165) is 12.8 Å². The molecular weight excluding hydrogens is 212 g/mol. The molecule has 0 aliphatic carbocycles. The molecule has 98 valence electrons. The Balaban J connectivity index is 4.24. The second-order valence-corrected chi connectivity index (χ2v) is 5.79. The van der Waals surface area contributed by atoms with Crippen LogP contribution < -0.4 is 0 Å². The van der Waals surface area contributed by atoms with Gasteiger partial charge in [0.15, 0.2) is 0 Å². The predicted molar refractivity (Wildman–Crippen MR) is 72.8 cm³/mol. The van der Waals surface area contributed by atoms with Gasteiger partial charge in [0, 0.05) is 0 Å². The Kier molecular flexibility index (Phi) is 6.22. The van der Waals surface area contributed by atoms with E-state index in [4.69, 9.17) is 4.74 Å². The summed E-state index contributed by atoms with van der Waals surface area (Å²) in [5, 5.41) is 0. The number of ether oxygens (including phenoxy) is 1. The van der Waals surface area contributed by atoms with E-state index in [2.05, 4.69) is 12.2 Å². The van der Waals surface area contributed by atoms with Crippen molar-refractivity contribution in [1.82, 2.24) is 0 Å². The number of rotatable bonds is 5. The zero-order chi connectivity index (χ0) is 13.5. The highest BCUT2D eigenvalue weighted by molar-refractivity contribution is 5.75. The van der Waals surface area contributed by atoms with Gasteiger partial charge >= 0.3 is 5.97 Å². The number of hydrogen-bond acceptors (Lipinski definition) is 2. The number of esters is 1. The average molecular weight is 238 g/mol. The van der Waals surface area contributed by atoms with E-state index in [-0.39, 0.29) is 5.97 Å². The van der Waals surface area contributed by atoms with Gasteiger partial charge in [-0.3, -0.25) is 4.79 Å². The van der Waals surface area contributed by atoms with Crippen molar-refractivity contribution in [3.8, 4) is 0 Å². The van der Waals surface area contributed by atoms with Crippen molar-refractivity contribution in [2.24, 2.45) is 5.41 Å². The third-order valence-corrected chi connectivity index (χ3v) is 2.22. The van der Waals surface area contributed by atoms with E-state index in [0.29, 0.717) is 0 Å². The molecule has 0 saturated heterocycles. The van der Waals surface area contributed by atoms with Crippen molar-refractivity contribution in [2.45, 2.75) is 60.0 Å². The number of carbonyl (C=O) groups excluding carboxylic acids is 1. The van der Waals surface area contributed by atoms with Crippen molar-refractivity contribution in [3.63, 3.8) is 0 Å². The zero-order valence-electron chi connectivity index (χ0n) is 12.0. The summed E-state index contributed by atoms with van der Waals surface area (Å²) in [5.41, 5.74) is -0.976. The van der Waals surface area contributed by atoms with Crippen LogP contribution >= 0.6 is 0 Å². The maximum absolute atomic E-state index is 11.7. The number of unbranched alkanes of at least 4 members (excludes halogenated alkanes) is 1. The van der Waals surface area contributed by atoms with Gasteiger partial charge in [0.1, 0.15) is 5.60 Å². The maximum atomic E-state index is 11.7. The van der Waals surface area contributed by atoms with Crippen LogP contribution in [0.3, 0.4) is 0 Å². The molecule has 0 aliphatic rings. The first-order chi connectivity index (χ1) is 7.69. The summed E-state index contributed by atoms with van der Waals surface area (Å²) in [6.07, 6.45) is 10.2. The van der Waals surface area contributed by atoms with Gasteiger partial charge in [-0.1, -0.05) is 18.2 Å². The monoisotopic (exact) mass is 238 g/mol. The normalized spacial score (nSPS) is 13.5. The van der Waals surface area contributed by atoms with Gasteiger partial charge in [-0.25, -0.2) is 0 Å². The van der Waals surface area contributed by atoms with Gasteiger partial charge < -0.3 is 4.74 Å². The highest BCUT2D eigenvalue weighted by atomic mass is 16.6. The number of hydrogen-bond donors (Lipinski definition) is 0. The minimum atomic E-state index is -0.527. The molecule has 0 unspecified atom stereocenters. The third kappa shape index (κ3) is 7.78. The molecular formula is C15H26O2. The van der Waals surface area contributed by atoms with Crippen LogP contribution in [0.2, 0.25) is 0 Å². The van der Waals surface area contributed by atoms with Gasteiger partial charge in [0.05, 0.1) is 5.41 Å². The second-order valence-electron chi connectivity index (χ2n) is 5.79. The molecule has 0 aromatic heterocycles. The second kappa shape index (κ2) is 6.63. The summed E-state index contributed by atoms with van der Waals surface area (Å²) in [6.45, 7) is 11.4. The van der Waals surface area contributed by atoms with Crippen LogP contribution in [-0.4, -0.2) is 11.6 Å². The Morgan fingerprint density at radius 2 is 1.59 bits per heavy atom. The quantitative estimate of drug-likeness (QED) is 0.406.